The van der Waals surface area contributed by atoms with Crippen LogP contribution in [0.1, 0.15) is 51.2 Å². The van der Waals surface area contributed by atoms with E-state index >= 15 is 0 Å². The molecule has 0 radical (unpaired) electrons. The van der Waals surface area contributed by atoms with Crippen molar-refractivity contribution in [1.29, 1.82) is 0 Å². The van der Waals surface area contributed by atoms with Crippen LogP contribution >= 0.6 is 0 Å². The summed E-state index contributed by atoms with van der Waals surface area (Å²) in [6, 6.07) is 17.1. The minimum absolute atomic E-state index is 0.300. The second kappa shape index (κ2) is 8.45. The SMILES string of the molecule is CC(C)c1ncc(-c2ccc3nc(-c4ccc5c(c4)c4cnncc4c4nc(C(C)C)[nH]c54)ccc3c2)[nH]1. The van der Waals surface area contributed by atoms with Crippen molar-refractivity contribution in [1.82, 2.24) is 35.1 Å². The quantitative estimate of drug-likeness (QED) is 0.245. The number of nitrogens with zero attached hydrogens (tertiary/aromatic N) is 5. The van der Waals surface area contributed by atoms with Crippen LogP contribution in [0.5, 0.6) is 0 Å². The number of fused-ring (bicyclic) bond motifs is 7. The standard InChI is InChI=1S/C31H27N7/c1-16(2)30-32-15-27(36-30)19-7-10-25-18(11-19)6-9-26(35-25)20-5-8-21-22(12-20)23-13-33-34-14-24(23)29-28(21)37-31(38-29)17(3)4/h5-17H,1-4H3,(H,32,36)(H,37,38). The van der Waals surface area contributed by atoms with E-state index in [1.54, 1.807) is 0 Å². The van der Waals surface area contributed by atoms with Gasteiger partial charge in [0.2, 0.25) is 0 Å². The Hall–Kier alpha value is -4.65. The lowest BCUT2D eigenvalue weighted by molar-refractivity contribution is 0.795. The second-order valence-electron chi connectivity index (χ2n) is 10.5. The Balaban J connectivity index is 1.35. The van der Waals surface area contributed by atoms with E-state index in [0.29, 0.717) is 11.8 Å². The van der Waals surface area contributed by atoms with Crippen molar-refractivity contribution < 1.29 is 0 Å². The average Bonchev–Trinajstić information content (AvgIpc) is 3.61. The van der Waals surface area contributed by atoms with Gasteiger partial charge in [-0.2, -0.15) is 10.2 Å². The molecule has 186 valence electrons. The summed E-state index contributed by atoms with van der Waals surface area (Å²) in [5, 5.41) is 13.7. The lowest BCUT2D eigenvalue weighted by Crippen LogP contribution is -1.90. The van der Waals surface area contributed by atoms with Crippen molar-refractivity contribution in [2.45, 2.75) is 39.5 Å². The normalized spacial score (nSPS) is 12.2. The number of H-pyrrole nitrogens is 2. The van der Waals surface area contributed by atoms with Crippen LogP contribution in [0.3, 0.4) is 0 Å². The van der Waals surface area contributed by atoms with Crippen LogP contribution in [0.2, 0.25) is 0 Å². The van der Waals surface area contributed by atoms with Gasteiger partial charge >= 0.3 is 0 Å². The minimum atomic E-state index is 0.300. The summed E-state index contributed by atoms with van der Waals surface area (Å²) in [5.74, 6) is 2.63. The number of aromatic nitrogens is 7. The zero-order valence-corrected chi connectivity index (χ0v) is 21.7. The van der Waals surface area contributed by atoms with Gasteiger partial charge < -0.3 is 9.97 Å². The van der Waals surface area contributed by atoms with E-state index in [9.17, 15) is 0 Å². The highest BCUT2D eigenvalue weighted by Gasteiger charge is 2.16. The summed E-state index contributed by atoms with van der Waals surface area (Å²) in [6.07, 6.45) is 5.55. The topological polar surface area (TPSA) is 96.0 Å². The molecule has 0 spiro atoms. The van der Waals surface area contributed by atoms with Gasteiger partial charge in [0, 0.05) is 44.5 Å². The first-order chi connectivity index (χ1) is 18.5. The van der Waals surface area contributed by atoms with Crippen molar-refractivity contribution in [3.05, 3.63) is 78.8 Å². The Bertz CT molecular complexity index is 2000. The Kier molecular flexibility index (Phi) is 5.01. The van der Waals surface area contributed by atoms with Crippen molar-refractivity contribution in [3.8, 4) is 22.5 Å². The highest BCUT2D eigenvalue weighted by atomic mass is 15.1. The van der Waals surface area contributed by atoms with Crippen LogP contribution in [-0.2, 0) is 0 Å². The van der Waals surface area contributed by atoms with E-state index in [1.807, 2.05) is 18.6 Å². The van der Waals surface area contributed by atoms with Crippen LogP contribution in [0, 0.1) is 0 Å². The summed E-state index contributed by atoms with van der Waals surface area (Å²) >= 11 is 0. The fourth-order valence-corrected chi connectivity index (χ4v) is 5.15. The molecule has 0 unspecified atom stereocenters. The van der Waals surface area contributed by atoms with Crippen LogP contribution < -0.4 is 0 Å². The molecule has 4 heterocycles. The number of hydrogen-bond acceptors (Lipinski definition) is 5. The maximum atomic E-state index is 5.02. The van der Waals surface area contributed by atoms with Gasteiger partial charge in [0.05, 0.1) is 46.5 Å². The van der Waals surface area contributed by atoms with Gasteiger partial charge in [0.15, 0.2) is 0 Å². The number of aromatic amines is 2. The molecule has 2 N–H and O–H groups in total. The lowest BCUT2D eigenvalue weighted by atomic mass is 9.98. The Morgan fingerprint density at radius 2 is 1.42 bits per heavy atom. The van der Waals surface area contributed by atoms with Crippen LogP contribution in [0.4, 0.5) is 0 Å². The number of nitrogens with one attached hydrogen (secondary N) is 2. The third-order valence-electron chi connectivity index (χ3n) is 7.27. The first kappa shape index (κ1) is 22.5. The first-order valence-electron chi connectivity index (χ1n) is 13.0. The molecule has 0 fully saturated rings. The number of imidazole rings is 2. The Labute approximate surface area is 219 Å². The molecule has 7 aromatic rings. The van der Waals surface area contributed by atoms with Gasteiger partial charge in [0.25, 0.3) is 0 Å². The molecule has 0 amide bonds. The molecule has 7 heteroatoms. The van der Waals surface area contributed by atoms with E-state index in [4.69, 9.17) is 9.97 Å². The minimum Gasteiger partial charge on any atom is -0.342 e. The molecule has 0 aliphatic heterocycles. The van der Waals surface area contributed by atoms with Gasteiger partial charge in [-0.1, -0.05) is 52.0 Å². The Morgan fingerprint density at radius 3 is 2.21 bits per heavy atom. The fourth-order valence-electron chi connectivity index (χ4n) is 5.15. The molecule has 0 atom stereocenters. The fraction of sp³-hybridized carbons (Fsp3) is 0.194. The zero-order chi connectivity index (χ0) is 26.0. The van der Waals surface area contributed by atoms with Crippen molar-refractivity contribution in [2.24, 2.45) is 0 Å². The van der Waals surface area contributed by atoms with Gasteiger partial charge in [-0.25, -0.2) is 15.0 Å². The lowest BCUT2D eigenvalue weighted by Gasteiger charge is -2.09. The zero-order valence-electron chi connectivity index (χ0n) is 21.7. The molecule has 7 rings (SSSR count). The highest BCUT2D eigenvalue weighted by Crippen LogP contribution is 2.36. The number of hydrogen-bond donors (Lipinski definition) is 2. The molecule has 0 saturated heterocycles. The smallest absolute Gasteiger partial charge is 0.109 e. The van der Waals surface area contributed by atoms with Gasteiger partial charge in [0.1, 0.15) is 11.6 Å². The van der Waals surface area contributed by atoms with Crippen LogP contribution in [-0.4, -0.2) is 35.1 Å². The molecule has 7 nitrogen and oxygen atoms in total. The third kappa shape index (κ3) is 3.54. The molecule has 0 saturated carbocycles. The molecular weight excluding hydrogens is 470 g/mol. The van der Waals surface area contributed by atoms with Gasteiger partial charge in [-0.15, -0.1) is 0 Å². The summed E-state index contributed by atoms with van der Waals surface area (Å²) in [5.41, 5.74) is 7.05. The van der Waals surface area contributed by atoms with Crippen LogP contribution in [0.25, 0.3) is 66.0 Å². The predicted molar refractivity (Wildman–Crippen MR) is 153 cm³/mol. The number of rotatable bonds is 4. The molecule has 4 aromatic heterocycles. The largest absolute Gasteiger partial charge is 0.342 e. The molecule has 38 heavy (non-hydrogen) atoms. The number of pyridine rings is 1. The molecule has 0 aliphatic rings. The van der Waals surface area contributed by atoms with Gasteiger partial charge in [-0.05, 0) is 29.7 Å². The van der Waals surface area contributed by atoms with E-state index < -0.39 is 0 Å². The van der Waals surface area contributed by atoms with E-state index in [0.717, 1.165) is 77.6 Å². The average molecular weight is 498 g/mol. The summed E-state index contributed by atoms with van der Waals surface area (Å²) in [6.45, 7) is 8.56. The third-order valence-corrected chi connectivity index (χ3v) is 7.27. The summed E-state index contributed by atoms with van der Waals surface area (Å²) in [4.78, 5) is 21.4. The van der Waals surface area contributed by atoms with E-state index in [1.165, 1.54) is 0 Å². The predicted octanol–water partition coefficient (Wildman–Crippen LogP) is 7.51. The monoisotopic (exact) mass is 497 g/mol. The molecule has 3 aromatic carbocycles. The maximum absolute atomic E-state index is 5.02. The molecule has 0 aliphatic carbocycles. The van der Waals surface area contributed by atoms with Crippen molar-refractivity contribution in [2.75, 3.05) is 0 Å². The van der Waals surface area contributed by atoms with E-state index in [-0.39, 0.29) is 0 Å². The van der Waals surface area contributed by atoms with Gasteiger partial charge in [-0.3, -0.25) is 0 Å². The van der Waals surface area contributed by atoms with Crippen molar-refractivity contribution in [3.63, 3.8) is 0 Å². The highest BCUT2D eigenvalue weighted by molar-refractivity contribution is 6.23. The molecule has 0 bridgehead atoms. The Morgan fingerprint density at radius 1 is 0.632 bits per heavy atom. The van der Waals surface area contributed by atoms with E-state index in [2.05, 4.69) is 101 Å². The summed E-state index contributed by atoms with van der Waals surface area (Å²) < 4.78 is 0. The first-order valence-corrected chi connectivity index (χ1v) is 13.0. The van der Waals surface area contributed by atoms with Crippen LogP contribution in [0.15, 0.2) is 67.1 Å². The summed E-state index contributed by atoms with van der Waals surface area (Å²) in [7, 11) is 0. The van der Waals surface area contributed by atoms with Crippen molar-refractivity contribution >= 4 is 43.5 Å². The number of benzene rings is 3. The molecular formula is C31H27N7. The second-order valence-corrected chi connectivity index (χ2v) is 10.5. The maximum Gasteiger partial charge on any atom is 0.109 e.